The quantitative estimate of drug-likeness (QED) is 0.738. The van der Waals surface area contributed by atoms with Crippen molar-refractivity contribution in [2.75, 3.05) is 38.9 Å². The molecule has 1 aromatic heterocycles. The number of nitrogens with one attached hydrogen (secondary N) is 1. The van der Waals surface area contributed by atoms with Gasteiger partial charge in [-0.25, -0.2) is 9.37 Å². The molecule has 0 aliphatic carbocycles. The van der Waals surface area contributed by atoms with E-state index in [-0.39, 0.29) is 11.7 Å². The molecule has 150 valence electrons. The minimum Gasteiger partial charge on any atom is -0.475 e. The highest BCUT2D eigenvalue weighted by Crippen LogP contribution is 2.36. The maximum absolute atomic E-state index is 13.4. The smallest absolute Gasteiger partial charge is 0.235 e. The fourth-order valence-electron chi connectivity index (χ4n) is 3.36. The zero-order valence-corrected chi connectivity index (χ0v) is 16.2. The van der Waals surface area contributed by atoms with Gasteiger partial charge in [-0.15, -0.1) is 0 Å². The molecule has 1 amide bonds. The summed E-state index contributed by atoms with van der Waals surface area (Å²) in [6.07, 6.45) is 1.07. The number of carbonyl (C=O) groups is 1. The summed E-state index contributed by atoms with van der Waals surface area (Å²) in [5.41, 5.74) is 1.31. The fourth-order valence-corrected chi connectivity index (χ4v) is 3.36. The number of amides is 1. The van der Waals surface area contributed by atoms with Crippen molar-refractivity contribution >= 4 is 11.6 Å². The number of hydrogen-bond acceptors (Lipinski definition) is 5. The normalized spacial score (nSPS) is 15.8. The predicted molar refractivity (Wildman–Crippen MR) is 103 cm³/mol. The Morgan fingerprint density at radius 3 is 2.54 bits per heavy atom. The first-order valence-electron chi connectivity index (χ1n) is 9.30. The highest BCUT2D eigenvalue weighted by atomic mass is 19.1. The first kappa shape index (κ1) is 20.2. The SMILES string of the molecule is COCCOc1ccc(NC(=O)C2(c3ccc(F)cc3)CCOCC2)c(C)n1. The topological polar surface area (TPSA) is 69.7 Å². The molecule has 1 saturated heterocycles. The first-order chi connectivity index (χ1) is 13.5. The maximum Gasteiger partial charge on any atom is 0.235 e. The van der Waals surface area contributed by atoms with Crippen molar-refractivity contribution in [3.05, 3.63) is 53.5 Å². The van der Waals surface area contributed by atoms with Crippen molar-refractivity contribution in [1.82, 2.24) is 4.98 Å². The summed E-state index contributed by atoms with van der Waals surface area (Å²) in [5, 5.41) is 3.00. The molecule has 3 rings (SSSR count). The van der Waals surface area contributed by atoms with Crippen LogP contribution in [0.25, 0.3) is 0 Å². The second-order valence-electron chi connectivity index (χ2n) is 6.78. The number of nitrogens with zero attached hydrogens (tertiary/aromatic N) is 1. The molecular weight excluding hydrogens is 363 g/mol. The summed E-state index contributed by atoms with van der Waals surface area (Å²) in [4.78, 5) is 17.7. The zero-order valence-electron chi connectivity index (χ0n) is 16.2. The highest BCUT2D eigenvalue weighted by molar-refractivity contribution is 5.99. The van der Waals surface area contributed by atoms with Crippen molar-refractivity contribution in [1.29, 1.82) is 0 Å². The van der Waals surface area contributed by atoms with Crippen molar-refractivity contribution in [2.45, 2.75) is 25.2 Å². The number of aromatic nitrogens is 1. The highest BCUT2D eigenvalue weighted by Gasteiger charge is 2.42. The molecule has 1 aliphatic rings. The lowest BCUT2D eigenvalue weighted by atomic mass is 9.73. The van der Waals surface area contributed by atoms with E-state index in [4.69, 9.17) is 14.2 Å². The van der Waals surface area contributed by atoms with Crippen LogP contribution >= 0.6 is 0 Å². The molecule has 2 aromatic rings. The van der Waals surface area contributed by atoms with E-state index in [1.165, 1.54) is 12.1 Å². The summed E-state index contributed by atoms with van der Waals surface area (Å²) in [6.45, 7) is 3.65. The fraction of sp³-hybridized carbons (Fsp3) is 0.429. The van der Waals surface area contributed by atoms with Gasteiger partial charge in [0.2, 0.25) is 11.8 Å². The number of pyridine rings is 1. The molecule has 1 fully saturated rings. The van der Waals surface area contributed by atoms with Crippen LogP contribution in [0.1, 0.15) is 24.1 Å². The molecule has 0 unspecified atom stereocenters. The largest absolute Gasteiger partial charge is 0.475 e. The van der Waals surface area contributed by atoms with Crippen LogP contribution in [-0.4, -0.2) is 44.4 Å². The van der Waals surface area contributed by atoms with Crippen LogP contribution in [0.4, 0.5) is 10.1 Å². The van der Waals surface area contributed by atoms with Gasteiger partial charge in [-0.1, -0.05) is 12.1 Å². The third kappa shape index (κ3) is 4.48. The standard InChI is InChI=1S/C21H25FN2O4/c1-15-18(7-8-19(23-15)28-14-13-26-2)24-20(25)21(9-11-27-12-10-21)16-3-5-17(22)6-4-16/h3-8H,9-14H2,1-2H3,(H,24,25). The van der Waals surface area contributed by atoms with Crippen molar-refractivity contribution < 1.29 is 23.4 Å². The van der Waals surface area contributed by atoms with Gasteiger partial charge < -0.3 is 19.5 Å². The van der Waals surface area contributed by atoms with Crippen molar-refractivity contribution in [3.8, 4) is 5.88 Å². The number of benzene rings is 1. The van der Waals surface area contributed by atoms with E-state index in [1.807, 2.05) is 6.92 Å². The van der Waals surface area contributed by atoms with Crippen LogP contribution in [0.2, 0.25) is 0 Å². The van der Waals surface area contributed by atoms with Crippen molar-refractivity contribution in [3.63, 3.8) is 0 Å². The Balaban J connectivity index is 1.79. The van der Waals surface area contributed by atoms with E-state index in [1.54, 1.807) is 31.4 Å². The Hall–Kier alpha value is -2.51. The monoisotopic (exact) mass is 388 g/mol. The van der Waals surface area contributed by atoms with E-state index >= 15 is 0 Å². The average molecular weight is 388 g/mol. The number of methoxy groups -OCH3 is 1. The Bertz CT molecular complexity index is 805. The van der Waals surface area contributed by atoms with Crippen LogP contribution in [0.15, 0.2) is 36.4 Å². The van der Waals surface area contributed by atoms with E-state index in [0.717, 1.165) is 5.56 Å². The number of halogens is 1. The second kappa shape index (κ2) is 9.12. The van der Waals surface area contributed by atoms with Gasteiger partial charge in [0.25, 0.3) is 0 Å². The molecule has 0 spiro atoms. The van der Waals surface area contributed by atoms with Gasteiger partial charge in [-0.2, -0.15) is 0 Å². The molecule has 1 aliphatic heterocycles. The lowest BCUT2D eigenvalue weighted by Crippen LogP contribution is -2.45. The van der Waals surface area contributed by atoms with Gasteiger partial charge in [0.1, 0.15) is 12.4 Å². The van der Waals surface area contributed by atoms with Crippen molar-refractivity contribution in [2.24, 2.45) is 0 Å². The minimum absolute atomic E-state index is 0.139. The number of carbonyl (C=O) groups excluding carboxylic acids is 1. The van der Waals surface area contributed by atoms with Crippen LogP contribution in [0.5, 0.6) is 5.88 Å². The van der Waals surface area contributed by atoms with Crippen LogP contribution in [0.3, 0.4) is 0 Å². The van der Waals surface area contributed by atoms with E-state index in [9.17, 15) is 9.18 Å². The van der Waals surface area contributed by atoms with Crippen LogP contribution < -0.4 is 10.1 Å². The molecule has 1 aromatic carbocycles. The van der Waals surface area contributed by atoms with Gasteiger partial charge in [-0.05, 0) is 43.5 Å². The van der Waals surface area contributed by atoms with E-state index in [0.29, 0.717) is 56.5 Å². The van der Waals surface area contributed by atoms with Gasteiger partial charge in [-0.3, -0.25) is 4.79 Å². The van der Waals surface area contributed by atoms with Gasteiger partial charge in [0.05, 0.1) is 23.4 Å². The molecule has 7 heteroatoms. The number of hydrogen-bond donors (Lipinski definition) is 1. The Morgan fingerprint density at radius 1 is 1.18 bits per heavy atom. The Morgan fingerprint density at radius 2 is 1.89 bits per heavy atom. The summed E-state index contributed by atoms with van der Waals surface area (Å²) in [6, 6.07) is 9.63. The number of rotatable bonds is 7. The summed E-state index contributed by atoms with van der Waals surface area (Å²) in [5.74, 6) is 0.0164. The molecule has 2 heterocycles. The zero-order chi connectivity index (χ0) is 20.0. The van der Waals surface area contributed by atoms with Crippen LogP contribution in [-0.2, 0) is 19.7 Å². The molecule has 1 N–H and O–H groups in total. The van der Waals surface area contributed by atoms with E-state index < -0.39 is 5.41 Å². The molecule has 28 heavy (non-hydrogen) atoms. The second-order valence-corrected chi connectivity index (χ2v) is 6.78. The molecule has 0 bridgehead atoms. The Labute approximate surface area is 164 Å². The van der Waals surface area contributed by atoms with Gasteiger partial charge in [0, 0.05) is 26.4 Å². The number of aryl methyl sites for hydroxylation is 1. The summed E-state index contributed by atoms with van der Waals surface area (Å²) >= 11 is 0. The molecule has 0 radical (unpaired) electrons. The van der Waals surface area contributed by atoms with Gasteiger partial charge in [0.15, 0.2) is 0 Å². The number of anilines is 1. The van der Waals surface area contributed by atoms with E-state index in [2.05, 4.69) is 10.3 Å². The molecular formula is C21H25FN2O4. The van der Waals surface area contributed by atoms with Crippen LogP contribution in [0, 0.1) is 12.7 Å². The third-order valence-electron chi connectivity index (χ3n) is 5.02. The van der Waals surface area contributed by atoms with Gasteiger partial charge >= 0.3 is 0 Å². The first-order valence-corrected chi connectivity index (χ1v) is 9.30. The number of ether oxygens (including phenoxy) is 3. The molecule has 6 nitrogen and oxygen atoms in total. The lowest BCUT2D eigenvalue weighted by Gasteiger charge is -2.36. The summed E-state index contributed by atoms with van der Waals surface area (Å²) in [7, 11) is 1.61. The molecule has 0 atom stereocenters. The maximum atomic E-state index is 13.4. The Kier molecular flexibility index (Phi) is 6.59. The molecule has 0 saturated carbocycles. The summed E-state index contributed by atoms with van der Waals surface area (Å²) < 4.78 is 29.3. The lowest BCUT2D eigenvalue weighted by molar-refractivity contribution is -0.125. The predicted octanol–water partition coefficient (Wildman–Crippen LogP) is 3.24. The third-order valence-corrected chi connectivity index (χ3v) is 5.02. The average Bonchev–Trinajstić information content (AvgIpc) is 2.71. The minimum atomic E-state index is -0.758.